The number of carbonyl (C=O) groups excluding carboxylic acids is 1. The fraction of sp³-hybridized carbons (Fsp3) is 0.647. The molecule has 0 aliphatic carbocycles. The molecule has 6 heteroatoms. The zero-order valence-corrected chi connectivity index (χ0v) is 13.7. The van der Waals surface area contributed by atoms with Crippen LogP contribution in [-0.4, -0.2) is 59.7 Å². The molecule has 2 saturated heterocycles. The number of piperidine rings is 1. The summed E-state index contributed by atoms with van der Waals surface area (Å²) in [6.45, 7) is 5.39. The summed E-state index contributed by atoms with van der Waals surface area (Å²) in [5, 5.41) is 9.05. The Balaban J connectivity index is 1.59. The summed E-state index contributed by atoms with van der Waals surface area (Å²) in [5.41, 5.74) is 1.82. The van der Waals surface area contributed by atoms with Gasteiger partial charge >= 0.3 is 0 Å². The van der Waals surface area contributed by atoms with Crippen molar-refractivity contribution in [1.82, 2.24) is 14.4 Å². The second kappa shape index (κ2) is 7.16. The quantitative estimate of drug-likeness (QED) is 0.833. The molecule has 1 aromatic rings. The van der Waals surface area contributed by atoms with Gasteiger partial charge < -0.3 is 14.2 Å². The number of morpholine rings is 1. The number of likely N-dealkylation sites (tertiary alicyclic amines) is 1. The lowest BCUT2D eigenvalue weighted by molar-refractivity contribution is -0.141. The van der Waals surface area contributed by atoms with Crippen LogP contribution in [-0.2, 0) is 23.1 Å². The number of hydrogen-bond acceptors (Lipinski definition) is 4. The standard InChI is InChI=1S/C17H24N4O2/c1-19-11-14(9-16(19)10-18)12-20-4-2-3-15(13-20)17(22)21-5-7-23-8-6-21/h9,11,15H,2-8,12-13H2,1H3/t15-/m1/s1. The maximum Gasteiger partial charge on any atom is 0.227 e. The van der Waals surface area contributed by atoms with Gasteiger partial charge in [-0.2, -0.15) is 5.26 Å². The van der Waals surface area contributed by atoms with Crippen molar-refractivity contribution in [1.29, 1.82) is 5.26 Å². The minimum Gasteiger partial charge on any atom is -0.378 e. The Bertz CT molecular complexity index is 598. The molecule has 2 aliphatic rings. The number of hydrogen-bond donors (Lipinski definition) is 0. The SMILES string of the molecule is Cn1cc(CN2CCC[C@@H](C(=O)N3CCOCC3)C2)cc1C#N. The minimum absolute atomic E-state index is 0.0981. The van der Waals surface area contributed by atoms with Gasteiger partial charge in [0, 0.05) is 39.4 Å². The highest BCUT2D eigenvalue weighted by atomic mass is 16.5. The Labute approximate surface area is 137 Å². The predicted molar refractivity (Wildman–Crippen MR) is 85.5 cm³/mol. The lowest BCUT2D eigenvalue weighted by atomic mass is 9.96. The van der Waals surface area contributed by atoms with Crippen LogP contribution >= 0.6 is 0 Å². The first-order chi connectivity index (χ1) is 11.2. The third-order valence-electron chi connectivity index (χ3n) is 4.76. The summed E-state index contributed by atoms with van der Waals surface area (Å²) in [4.78, 5) is 16.9. The monoisotopic (exact) mass is 316 g/mol. The smallest absolute Gasteiger partial charge is 0.227 e. The lowest BCUT2D eigenvalue weighted by Crippen LogP contribution is -2.48. The Morgan fingerprint density at radius 1 is 1.39 bits per heavy atom. The average Bonchev–Trinajstić information content (AvgIpc) is 2.94. The maximum atomic E-state index is 12.7. The molecule has 1 atom stereocenters. The van der Waals surface area contributed by atoms with Crippen molar-refractivity contribution < 1.29 is 9.53 Å². The lowest BCUT2D eigenvalue weighted by Gasteiger charge is -2.36. The van der Waals surface area contributed by atoms with E-state index in [1.165, 1.54) is 0 Å². The van der Waals surface area contributed by atoms with Gasteiger partial charge in [-0.15, -0.1) is 0 Å². The average molecular weight is 316 g/mol. The van der Waals surface area contributed by atoms with Gasteiger partial charge in [-0.25, -0.2) is 0 Å². The molecule has 0 spiro atoms. The molecule has 0 bridgehead atoms. The topological polar surface area (TPSA) is 61.5 Å². The molecule has 3 rings (SSSR count). The van der Waals surface area contributed by atoms with Gasteiger partial charge in [-0.05, 0) is 31.0 Å². The first kappa shape index (κ1) is 16.0. The molecule has 0 aromatic carbocycles. The summed E-state index contributed by atoms with van der Waals surface area (Å²) in [6.07, 6.45) is 4.04. The fourth-order valence-electron chi connectivity index (χ4n) is 3.53. The molecule has 2 fully saturated rings. The number of nitriles is 1. The van der Waals surface area contributed by atoms with E-state index in [-0.39, 0.29) is 11.8 Å². The number of aryl methyl sites for hydroxylation is 1. The number of aromatic nitrogens is 1. The number of carbonyl (C=O) groups is 1. The predicted octanol–water partition coefficient (Wildman–Crippen LogP) is 0.968. The molecule has 1 aromatic heterocycles. The Hall–Kier alpha value is -1.84. The largest absolute Gasteiger partial charge is 0.378 e. The molecule has 124 valence electrons. The summed E-state index contributed by atoms with van der Waals surface area (Å²) >= 11 is 0. The zero-order chi connectivity index (χ0) is 16.2. The van der Waals surface area contributed by atoms with Crippen LogP contribution in [0.4, 0.5) is 0 Å². The van der Waals surface area contributed by atoms with Gasteiger partial charge in [0.1, 0.15) is 11.8 Å². The first-order valence-corrected chi connectivity index (χ1v) is 8.31. The van der Waals surface area contributed by atoms with Crippen molar-refractivity contribution in [3.05, 3.63) is 23.5 Å². The molecular weight excluding hydrogens is 292 g/mol. The highest BCUT2D eigenvalue weighted by Crippen LogP contribution is 2.21. The van der Waals surface area contributed by atoms with Crippen molar-refractivity contribution in [2.24, 2.45) is 13.0 Å². The third kappa shape index (κ3) is 3.74. The van der Waals surface area contributed by atoms with Crippen LogP contribution in [0.5, 0.6) is 0 Å². The molecule has 0 radical (unpaired) electrons. The van der Waals surface area contributed by atoms with E-state index in [2.05, 4.69) is 11.0 Å². The second-order valence-electron chi connectivity index (χ2n) is 6.47. The summed E-state index contributed by atoms with van der Waals surface area (Å²) < 4.78 is 7.19. The van der Waals surface area contributed by atoms with E-state index in [0.717, 1.165) is 51.1 Å². The van der Waals surface area contributed by atoms with Gasteiger partial charge in [0.2, 0.25) is 5.91 Å². The molecular formula is C17H24N4O2. The highest BCUT2D eigenvalue weighted by molar-refractivity contribution is 5.79. The van der Waals surface area contributed by atoms with Gasteiger partial charge in [0.05, 0.1) is 19.1 Å². The molecule has 6 nitrogen and oxygen atoms in total. The van der Waals surface area contributed by atoms with Crippen LogP contribution < -0.4 is 0 Å². The van der Waals surface area contributed by atoms with E-state index in [1.54, 1.807) is 0 Å². The van der Waals surface area contributed by atoms with Gasteiger partial charge in [-0.1, -0.05) is 0 Å². The van der Waals surface area contributed by atoms with E-state index in [1.807, 2.05) is 28.8 Å². The van der Waals surface area contributed by atoms with Crippen LogP contribution in [0.1, 0.15) is 24.1 Å². The number of amides is 1. The van der Waals surface area contributed by atoms with Gasteiger partial charge in [0.25, 0.3) is 0 Å². The Morgan fingerprint density at radius 3 is 2.87 bits per heavy atom. The molecule has 0 N–H and O–H groups in total. The van der Waals surface area contributed by atoms with E-state index in [9.17, 15) is 4.79 Å². The number of nitrogens with zero attached hydrogens (tertiary/aromatic N) is 4. The van der Waals surface area contributed by atoms with E-state index in [0.29, 0.717) is 18.9 Å². The van der Waals surface area contributed by atoms with E-state index < -0.39 is 0 Å². The van der Waals surface area contributed by atoms with Crippen molar-refractivity contribution in [3.63, 3.8) is 0 Å². The van der Waals surface area contributed by atoms with Crippen LogP contribution in [0, 0.1) is 17.2 Å². The van der Waals surface area contributed by atoms with Crippen molar-refractivity contribution in [3.8, 4) is 6.07 Å². The van der Waals surface area contributed by atoms with Crippen LogP contribution in [0.2, 0.25) is 0 Å². The number of rotatable bonds is 3. The normalized spacial score (nSPS) is 22.8. The minimum atomic E-state index is 0.0981. The first-order valence-electron chi connectivity index (χ1n) is 8.31. The molecule has 23 heavy (non-hydrogen) atoms. The molecule has 0 saturated carbocycles. The van der Waals surface area contributed by atoms with Crippen molar-refractivity contribution >= 4 is 5.91 Å². The van der Waals surface area contributed by atoms with Crippen molar-refractivity contribution in [2.75, 3.05) is 39.4 Å². The third-order valence-corrected chi connectivity index (χ3v) is 4.76. The summed E-state index contributed by atoms with van der Waals surface area (Å²) in [5.74, 6) is 0.379. The van der Waals surface area contributed by atoms with E-state index in [4.69, 9.17) is 10.00 Å². The Morgan fingerprint density at radius 2 is 2.17 bits per heavy atom. The molecule has 3 heterocycles. The summed E-state index contributed by atoms with van der Waals surface area (Å²) in [7, 11) is 1.89. The molecule has 2 aliphatic heterocycles. The van der Waals surface area contributed by atoms with E-state index >= 15 is 0 Å². The van der Waals surface area contributed by atoms with Gasteiger partial charge in [-0.3, -0.25) is 9.69 Å². The molecule has 0 unspecified atom stereocenters. The van der Waals surface area contributed by atoms with Gasteiger partial charge in [0.15, 0.2) is 0 Å². The number of ether oxygens (including phenoxy) is 1. The second-order valence-corrected chi connectivity index (χ2v) is 6.47. The fourth-order valence-corrected chi connectivity index (χ4v) is 3.53. The van der Waals surface area contributed by atoms with Crippen molar-refractivity contribution in [2.45, 2.75) is 19.4 Å². The van der Waals surface area contributed by atoms with Crippen LogP contribution in [0.25, 0.3) is 0 Å². The molecule has 1 amide bonds. The zero-order valence-electron chi connectivity index (χ0n) is 13.7. The van der Waals surface area contributed by atoms with Crippen LogP contribution in [0.15, 0.2) is 12.3 Å². The van der Waals surface area contributed by atoms with Crippen LogP contribution in [0.3, 0.4) is 0 Å². The Kier molecular flexibility index (Phi) is 4.99. The maximum absolute atomic E-state index is 12.7. The highest BCUT2D eigenvalue weighted by Gasteiger charge is 2.30. The summed E-state index contributed by atoms with van der Waals surface area (Å²) in [6, 6.07) is 4.13.